The molecule has 2 atom stereocenters. The van der Waals surface area contributed by atoms with Gasteiger partial charge in [-0.05, 0) is 62.0 Å². The molecule has 3 N–H and O–H groups in total. The van der Waals surface area contributed by atoms with Crippen LogP contribution < -0.4 is 11.1 Å². The van der Waals surface area contributed by atoms with E-state index in [1.54, 1.807) is 10.7 Å². The number of carbonyl (C=O) groups is 1. The van der Waals surface area contributed by atoms with Crippen molar-refractivity contribution in [3.63, 3.8) is 0 Å². The fourth-order valence-corrected chi connectivity index (χ4v) is 5.90. The van der Waals surface area contributed by atoms with Gasteiger partial charge >= 0.3 is 0 Å². The van der Waals surface area contributed by atoms with E-state index in [4.69, 9.17) is 5.73 Å². The first-order valence-corrected chi connectivity index (χ1v) is 9.02. The molecule has 0 radical (unpaired) electrons. The number of nitrogens with zero attached hydrogens (tertiary/aromatic N) is 3. The van der Waals surface area contributed by atoms with Gasteiger partial charge in [-0.25, -0.2) is 4.52 Å². The minimum Gasteiger partial charge on any atom is -0.379 e. The van der Waals surface area contributed by atoms with Gasteiger partial charge in [-0.3, -0.25) is 4.79 Å². The average Bonchev–Trinajstić information content (AvgIpc) is 3.06. The van der Waals surface area contributed by atoms with Crippen LogP contribution in [0, 0.1) is 34.5 Å². The maximum Gasteiger partial charge on any atom is 0.252 e. The molecule has 25 heavy (non-hydrogen) atoms. The number of nitrogens with two attached hydrogens (primary N) is 1. The van der Waals surface area contributed by atoms with E-state index in [9.17, 15) is 10.1 Å². The van der Waals surface area contributed by atoms with Crippen LogP contribution >= 0.6 is 0 Å². The molecule has 2 aromatic heterocycles. The molecule has 0 saturated heterocycles. The van der Waals surface area contributed by atoms with Gasteiger partial charge in [0.1, 0.15) is 0 Å². The van der Waals surface area contributed by atoms with E-state index in [1.165, 1.54) is 12.8 Å². The Morgan fingerprint density at radius 2 is 2.12 bits per heavy atom. The highest BCUT2D eigenvalue weighted by Crippen LogP contribution is 2.60. The number of carbonyl (C=O) groups excluding carboxylic acids is 1. The Morgan fingerprint density at radius 3 is 2.80 bits per heavy atom. The minimum atomic E-state index is -0.462. The number of anilines is 1. The molecule has 0 aliphatic heterocycles. The van der Waals surface area contributed by atoms with Crippen molar-refractivity contribution in [3.8, 4) is 6.07 Å². The van der Waals surface area contributed by atoms with Crippen molar-refractivity contribution in [2.75, 3.05) is 5.32 Å². The third kappa shape index (κ3) is 2.08. The van der Waals surface area contributed by atoms with Gasteiger partial charge in [0, 0.05) is 12.2 Å². The van der Waals surface area contributed by atoms with E-state index in [-0.39, 0.29) is 5.41 Å². The summed E-state index contributed by atoms with van der Waals surface area (Å²) in [7, 11) is 0. The number of hydrogen-bond donors (Lipinski definition) is 2. The second kappa shape index (κ2) is 4.98. The molecule has 128 valence electrons. The summed E-state index contributed by atoms with van der Waals surface area (Å²) >= 11 is 0. The Balaban J connectivity index is 1.54. The molecule has 2 unspecified atom stereocenters. The third-order valence-corrected chi connectivity index (χ3v) is 6.65. The van der Waals surface area contributed by atoms with Crippen molar-refractivity contribution in [1.29, 1.82) is 5.26 Å². The van der Waals surface area contributed by atoms with E-state index in [1.807, 2.05) is 18.3 Å². The summed E-state index contributed by atoms with van der Waals surface area (Å²) in [5.74, 6) is 1.22. The van der Waals surface area contributed by atoms with Crippen molar-refractivity contribution < 1.29 is 4.79 Å². The summed E-state index contributed by atoms with van der Waals surface area (Å²) in [6, 6.07) is 6.81. The molecule has 4 bridgehead atoms. The van der Waals surface area contributed by atoms with Crippen LogP contribution in [0.1, 0.15) is 42.5 Å². The van der Waals surface area contributed by atoms with E-state index in [0.717, 1.165) is 30.5 Å². The maximum absolute atomic E-state index is 11.9. The predicted octanol–water partition coefficient (Wildman–Crippen LogP) is 2.56. The largest absolute Gasteiger partial charge is 0.379 e. The highest BCUT2D eigenvalue weighted by Gasteiger charge is 2.55. The van der Waals surface area contributed by atoms with Gasteiger partial charge in [-0.2, -0.15) is 10.4 Å². The second-order valence-corrected chi connectivity index (χ2v) is 8.17. The van der Waals surface area contributed by atoms with Crippen molar-refractivity contribution in [3.05, 3.63) is 30.1 Å². The molecule has 0 aromatic carbocycles. The predicted molar refractivity (Wildman–Crippen MR) is 92.7 cm³/mol. The van der Waals surface area contributed by atoms with Crippen LogP contribution in [-0.4, -0.2) is 21.6 Å². The number of rotatable bonds is 3. The van der Waals surface area contributed by atoms with Crippen LogP contribution in [0.5, 0.6) is 0 Å². The Labute approximate surface area is 146 Å². The first kappa shape index (κ1) is 14.8. The minimum absolute atomic E-state index is 0.107. The zero-order chi connectivity index (χ0) is 17.2. The standard InChI is InChI=1S/C19H21N5O/c20-10-19-6-11-4-12(7-19)16(13(5-11)8-19)23-17-14(18(21)25)9-22-24-3-1-2-15(17)24/h1-3,9,11-13,16,23H,4-8H2,(H2,21,25). The summed E-state index contributed by atoms with van der Waals surface area (Å²) < 4.78 is 1.77. The van der Waals surface area contributed by atoms with Gasteiger partial charge in [0.2, 0.25) is 0 Å². The van der Waals surface area contributed by atoms with E-state index < -0.39 is 5.91 Å². The zero-order valence-corrected chi connectivity index (χ0v) is 14.0. The highest BCUT2D eigenvalue weighted by molar-refractivity contribution is 6.01. The maximum atomic E-state index is 11.9. The number of fused-ring (bicyclic) bond motifs is 1. The van der Waals surface area contributed by atoms with Crippen molar-refractivity contribution in [2.24, 2.45) is 28.9 Å². The Morgan fingerprint density at radius 1 is 1.36 bits per heavy atom. The van der Waals surface area contributed by atoms with Crippen LogP contribution in [0.2, 0.25) is 0 Å². The fourth-order valence-electron chi connectivity index (χ4n) is 5.90. The lowest BCUT2D eigenvalue weighted by Crippen LogP contribution is -2.55. The van der Waals surface area contributed by atoms with Crippen LogP contribution in [0.3, 0.4) is 0 Å². The van der Waals surface area contributed by atoms with Crippen LogP contribution in [0.15, 0.2) is 24.5 Å². The Kier molecular flexibility index (Phi) is 2.94. The molecule has 4 aliphatic carbocycles. The summed E-state index contributed by atoms with van der Waals surface area (Å²) in [4.78, 5) is 11.9. The number of aromatic nitrogens is 2. The third-order valence-electron chi connectivity index (χ3n) is 6.65. The normalized spacial score (nSPS) is 35.6. The van der Waals surface area contributed by atoms with Gasteiger partial charge in [-0.1, -0.05) is 0 Å². The quantitative estimate of drug-likeness (QED) is 0.901. The molecule has 2 heterocycles. The lowest BCUT2D eigenvalue weighted by Gasteiger charge is -2.57. The van der Waals surface area contributed by atoms with Crippen molar-refractivity contribution in [1.82, 2.24) is 9.61 Å². The Bertz CT molecular complexity index is 894. The molecule has 6 nitrogen and oxygen atoms in total. The molecule has 1 amide bonds. The zero-order valence-electron chi connectivity index (χ0n) is 14.0. The molecule has 6 rings (SSSR count). The summed E-state index contributed by atoms with van der Waals surface area (Å²) in [6.45, 7) is 0. The van der Waals surface area contributed by atoms with E-state index in [0.29, 0.717) is 29.4 Å². The number of nitriles is 1. The van der Waals surface area contributed by atoms with Gasteiger partial charge in [0.05, 0.1) is 34.4 Å². The number of primary amides is 1. The molecule has 2 aromatic rings. The first-order chi connectivity index (χ1) is 12.1. The van der Waals surface area contributed by atoms with Gasteiger partial charge in [0.15, 0.2) is 0 Å². The number of amides is 1. The molecule has 0 spiro atoms. The highest BCUT2D eigenvalue weighted by atomic mass is 16.1. The average molecular weight is 335 g/mol. The molecular weight excluding hydrogens is 314 g/mol. The summed E-state index contributed by atoms with van der Waals surface area (Å²) in [5.41, 5.74) is 7.59. The monoisotopic (exact) mass is 335 g/mol. The van der Waals surface area contributed by atoms with Gasteiger partial charge < -0.3 is 11.1 Å². The van der Waals surface area contributed by atoms with Gasteiger partial charge in [-0.15, -0.1) is 0 Å². The van der Waals surface area contributed by atoms with Gasteiger partial charge in [0.25, 0.3) is 5.91 Å². The van der Waals surface area contributed by atoms with E-state index in [2.05, 4.69) is 16.5 Å². The SMILES string of the molecule is N#CC12CC3CC(C1)C(Nc1c(C(N)=O)cnn4cccc14)C(C3)C2. The van der Waals surface area contributed by atoms with E-state index >= 15 is 0 Å². The van der Waals surface area contributed by atoms with Crippen LogP contribution in [-0.2, 0) is 0 Å². The van der Waals surface area contributed by atoms with Crippen molar-refractivity contribution >= 4 is 17.1 Å². The fraction of sp³-hybridized carbons (Fsp3) is 0.526. The lowest BCUT2D eigenvalue weighted by atomic mass is 9.48. The first-order valence-electron chi connectivity index (χ1n) is 9.02. The molecular formula is C19H21N5O. The second-order valence-electron chi connectivity index (χ2n) is 8.17. The smallest absolute Gasteiger partial charge is 0.252 e. The lowest BCUT2D eigenvalue weighted by molar-refractivity contribution is -0.0296. The number of nitrogens with one attached hydrogen (secondary N) is 1. The Hall–Kier alpha value is -2.55. The van der Waals surface area contributed by atoms with Crippen LogP contribution in [0.25, 0.3) is 5.52 Å². The van der Waals surface area contributed by atoms with Crippen LogP contribution in [0.4, 0.5) is 5.69 Å². The molecule has 4 fully saturated rings. The molecule has 6 heteroatoms. The molecule has 4 saturated carbocycles. The summed E-state index contributed by atoms with van der Waals surface area (Å²) in [6.07, 6.45) is 8.81. The topological polar surface area (TPSA) is 96.2 Å². The van der Waals surface area contributed by atoms with Crippen molar-refractivity contribution in [2.45, 2.75) is 38.1 Å². The molecule has 4 aliphatic rings. The number of hydrogen-bond acceptors (Lipinski definition) is 4. The summed E-state index contributed by atoms with van der Waals surface area (Å²) in [5, 5.41) is 17.6.